The zero-order valence-corrected chi connectivity index (χ0v) is 14.0. The molecule has 2 aromatic rings. The van der Waals surface area contributed by atoms with Crippen molar-refractivity contribution in [1.82, 2.24) is 0 Å². The Hall–Kier alpha value is -2.35. The molecule has 0 aliphatic heterocycles. The molecule has 0 bridgehead atoms. The van der Waals surface area contributed by atoms with Crippen LogP contribution in [0.25, 0.3) is 0 Å². The summed E-state index contributed by atoms with van der Waals surface area (Å²) in [5.41, 5.74) is -1.39. The summed E-state index contributed by atoms with van der Waals surface area (Å²) < 4.78 is 138. The molecule has 1 aliphatic rings. The molecule has 11 heteroatoms. The highest BCUT2D eigenvalue weighted by Gasteiger charge is 2.39. The fourth-order valence-electron chi connectivity index (χ4n) is 2.61. The van der Waals surface area contributed by atoms with Crippen LogP contribution in [0.4, 0.5) is 43.9 Å². The summed E-state index contributed by atoms with van der Waals surface area (Å²) in [6.45, 7) is 0. The minimum Gasteiger partial charge on any atom is -0.203 e. The van der Waals surface area contributed by atoms with Crippen molar-refractivity contribution in [2.75, 3.05) is 0 Å². The molecule has 0 heterocycles. The van der Waals surface area contributed by atoms with Crippen LogP contribution in [0.2, 0.25) is 0 Å². The summed E-state index contributed by atoms with van der Waals surface area (Å²) in [5, 5.41) is -3.31. The molecular formula is C17H5F10P. The van der Waals surface area contributed by atoms with Gasteiger partial charge in [0.05, 0.1) is 10.6 Å². The summed E-state index contributed by atoms with van der Waals surface area (Å²) in [6, 6.07) is 0. The van der Waals surface area contributed by atoms with Crippen molar-refractivity contribution in [2.45, 2.75) is 5.66 Å². The van der Waals surface area contributed by atoms with Crippen molar-refractivity contribution in [3.8, 4) is 0 Å². The third kappa shape index (κ3) is 2.90. The van der Waals surface area contributed by atoms with Gasteiger partial charge in [0.1, 0.15) is 0 Å². The molecule has 0 saturated heterocycles. The number of hydrogen-bond acceptors (Lipinski definition) is 0. The van der Waals surface area contributed by atoms with Crippen molar-refractivity contribution in [3.05, 3.63) is 82.5 Å². The molecule has 0 unspecified atom stereocenters. The fraction of sp³-hybridized carbons (Fsp3) is 0.0588. The van der Waals surface area contributed by atoms with E-state index in [-0.39, 0.29) is 0 Å². The van der Waals surface area contributed by atoms with E-state index < -0.39 is 82.4 Å². The smallest absolute Gasteiger partial charge is 0.200 e. The SMILES string of the molecule is Fc1c(F)c(F)c(P(c2c(F)c(F)c(F)c(F)c2F)C2C=CC=C2)c(F)c1F. The van der Waals surface area contributed by atoms with Gasteiger partial charge in [0.25, 0.3) is 0 Å². The number of allylic oxidation sites excluding steroid dienone is 4. The van der Waals surface area contributed by atoms with Crippen LogP contribution in [0.1, 0.15) is 0 Å². The normalized spacial score (nSPS) is 14.0. The van der Waals surface area contributed by atoms with Crippen molar-refractivity contribution in [3.63, 3.8) is 0 Å². The molecular weight excluding hydrogens is 425 g/mol. The van der Waals surface area contributed by atoms with Gasteiger partial charge in [-0.25, -0.2) is 43.9 Å². The van der Waals surface area contributed by atoms with Crippen LogP contribution in [0.3, 0.4) is 0 Å². The van der Waals surface area contributed by atoms with Crippen LogP contribution in [0.15, 0.2) is 24.3 Å². The molecule has 0 amide bonds. The Morgan fingerprint density at radius 1 is 0.429 bits per heavy atom. The molecule has 0 fully saturated rings. The average Bonchev–Trinajstić information content (AvgIpc) is 3.21. The lowest BCUT2D eigenvalue weighted by Crippen LogP contribution is -2.32. The van der Waals surface area contributed by atoms with Crippen LogP contribution in [-0.2, 0) is 0 Å². The molecule has 0 nitrogen and oxygen atoms in total. The lowest BCUT2D eigenvalue weighted by Gasteiger charge is -2.25. The summed E-state index contributed by atoms with van der Waals surface area (Å²) in [7, 11) is -3.29. The predicted octanol–water partition coefficient (Wildman–Crippen LogP) is 5.00. The monoisotopic (exact) mass is 430 g/mol. The second-order valence-corrected chi connectivity index (χ2v) is 7.70. The maximum Gasteiger partial charge on any atom is 0.200 e. The van der Waals surface area contributed by atoms with E-state index >= 15 is 0 Å². The van der Waals surface area contributed by atoms with E-state index in [2.05, 4.69) is 0 Å². The minimum atomic E-state index is -3.29. The first-order valence-corrected chi connectivity index (χ1v) is 8.67. The summed E-state index contributed by atoms with van der Waals surface area (Å²) in [5.74, 6) is -24.3. The zero-order chi connectivity index (χ0) is 20.9. The highest BCUT2D eigenvalue weighted by Crippen LogP contribution is 2.46. The van der Waals surface area contributed by atoms with Gasteiger partial charge in [-0.1, -0.05) is 24.3 Å². The van der Waals surface area contributed by atoms with Crippen molar-refractivity contribution in [2.24, 2.45) is 0 Å². The largest absolute Gasteiger partial charge is 0.203 e. The van der Waals surface area contributed by atoms with E-state index in [0.717, 1.165) is 12.2 Å². The van der Waals surface area contributed by atoms with Crippen LogP contribution >= 0.6 is 7.92 Å². The molecule has 0 N–H and O–H groups in total. The fourth-order valence-corrected chi connectivity index (χ4v) is 5.21. The van der Waals surface area contributed by atoms with Crippen LogP contribution in [-0.4, -0.2) is 5.66 Å². The van der Waals surface area contributed by atoms with Gasteiger partial charge in [-0.05, 0) is 7.92 Å². The second kappa shape index (κ2) is 7.24. The zero-order valence-electron chi connectivity index (χ0n) is 13.1. The molecule has 0 aromatic heterocycles. The number of hydrogen-bond donors (Lipinski definition) is 0. The first-order chi connectivity index (χ1) is 13.1. The summed E-state index contributed by atoms with van der Waals surface area (Å²) >= 11 is 0. The third-order valence-electron chi connectivity index (χ3n) is 3.88. The topological polar surface area (TPSA) is 0 Å². The first kappa shape index (κ1) is 20.4. The van der Waals surface area contributed by atoms with E-state index in [4.69, 9.17) is 0 Å². The lowest BCUT2D eigenvalue weighted by molar-refractivity contribution is 0.383. The molecule has 0 spiro atoms. The molecule has 3 rings (SSSR count). The molecule has 0 radical (unpaired) electrons. The Bertz CT molecular complexity index is 904. The first-order valence-electron chi connectivity index (χ1n) is 7.26. The Labute approximate surface area is 151 Å². The average molecular weight is 430 g/mol. The number of rotatable bonds is 3. The van der Waals surface area contributed by atoms with Crippen LogP contribution < -0.4 is 10.6 Å². The van der Waals surface area contributed by atoms with Gasteiger partial charge in [-0.15, -0.1) is 0 Å². The Balaban J connectivity index is 2.44. The van der Waals surface area contributed by atoms with Crippen molar-refractivity contribution >= 4 is 18.5 Å². The number of benzene rings is 2. The lowest BCUT2D eigenvalue weighted by atomic mass is 10.3. The molecule has 2 aromatic carbocycles. The van der Waals surface area contributed by atoms with E-state index in [1.807, 2.05) is 0 Å². The molecule has 0 saturated carbocycles. The van der Waals surface area contributed by atoms with E-state index in [1.165, 1.54) is 12.2 Å². The summed E-state index contributed by atoms with van der Waals surface area (Å²) in [4.78, 5) is 0. The van der Waals surface area contributed by atoms with Crippen molar-refractivity contribution < 1.29 is 43.9 Å². The highest BCUT2D eigenvalue weighted by atomic mass is 31.1. The quantitative estimate of drug-likeness (QED) is 0.278. The third-order valence-corrected chi connectivity index (χ3v) is 6.57. The van der Waals surface area contributed by atoms with E-state index in [1.54, 1.807) is 0 Å². The Morgan fingerprint density at radius 2 is 0.679 bits per heavy atom. The van der Waals surface area contributed by atoms with Gasteiger partial charge < -0.3 is 0 Å². The molecule has 148 valence electrons. The van der Waals surface area contributed by atoms with Crippen LogP contribution in [0.5, 0.6) is 0 Å². The standard InChI is InChI=1S/C17H5F10P/c18-6-8(20)12(24)16(13(25)9(6)21)28(5-3-1-2-4-5)17-14(26)10(22)7(19)11(23)15(17)27/h1-5H. The van der Waals surface area contributed by atoms with E-state index in [9.17, 15) is 43.9 Å². The molecule has 28 heavy (non-hydrogen) atoms. The summed E-state index contributed by atoms with van der Waals surface area (Å²) in [6.07, 6.45) is 4.58. The van der Waals surface area contributed by atoms with Gasteiger partial charge in [0.15, 0.2) is 46.5 Å². The van der Waals surface area contributed by atoms with E-state index in [0.29, 0.717) is 0 Å². The Kier molecular flexibility index (Phi) is 5.27. The molecule has 0 atom stereocenters. The van der Waals surface area contributed by atoms with Gasteiger partial charge in [0.2, 0.25) is 11.6 Å². The molecule has 1 aliphatic carbocycles. The van der Waals surface area contributed by atoms with Gasteiger partial charge in [-0.3, -0.25) is 0 Å². The van der Waals surface area contributed by atoms with Crippen molar-refractivity contribution in [1.29, 1.82) is 0 Å². The van der Waals surface area contributed by atoms with Gasteiger partial charge >= 0.3 is 0 Å². The maximum absolute atomic E-state index is 14.3. The second-order valence-electron chi connectivity index (χ2n) is 5.47. The maximum atomic E-state index is 14.3. The minimum absolute atomic E-state index is 1.07. The predicted molar refractivity (Wildman–Crippen MR) is 80.7 cm³/mol. The van der Waals surface area contributed by atoms with Crippen LogP contribution in [0, 0.1) is 58.2 Å². The number of halogens is 10. The highest BCUT2D eigenvalue weighted by molar-refractivity contribution is 7.74. The van der Waals surface area contributed by atoms with Gasteiger partial charge in [0, 0.05) is 5.66 Å². The van der Waals surface area contributed by atoms with Gasteiger partial charge in [-0.2, -0.15) is 0 Å². The Morgan fingerprint density at radius 3 is 0.964 bits per heavy atom.